The standard InChI is InChI=1S/C17H22F2N2O.ClH/c18-14-4-1-5-15(19)16(14)12-9-13(12)17(22)21-8-6-11-3-2-7-20-10-11;/h1,4-5,11-13,20H,2-3,6-10H2,(H,21,22);1H. The second-order valence-electron chi connectivity index (χ2n) is 6.38. The molecule has 0 radical (unpaired) electrons. The van der Waals surface area contributed by atoms with Crippen molar-refractivity contribution in [1.82, 2.24) is 10.6 Å². The third-order valence-electron chi connectivity index (χ3n) is 4.75. The van der Waals surface area contributed by atoms with E-state index in [-0.39, 0.29) is 35.7 Å². The Bertz CT molecular complexity index is 529. The lowest BCUT2D eigenvalue weighted by molar-refractivity contribution is -0.122. The van der Waals surface area contributed by atoms with Crippen molar-refractivity contribution in [2.24, 2.45) is 11.8 Å². The summed E-state index contributed by atoms with van der Waals surface area (Å²) in [5, 5.41) is 6.27. The first-order valence-electron chi connectivity index (χ1n) is 8.09. The average Bonchev–Trinajstić information content (AvgIpc) is 3.28. The van der Waals surface area contributed by atoms with Crippen molar-refractivity contribution in [3.63, 3.8) is 0 Å². The van der Waals surface area contributed by atoms with Gasteiger partial charge in [0.05, 0.1) is 0 Å². The molecule has 128 valence electrons. The van der Waals surface area contributed by atoms with Gasteiger partial charge in [0.25, 0.3) is 0 Å². The first kappa shape index (κ1) is 18.1. The Kier molecular flexibility index (Phi) is 6.36. The number of amides is 1. The van der Waals surface area contributed by atoms with Gasteiger partial charge in [-0.3, -0.25) is 4.79 Å². The maximum absolute atomic E-state index is 13.7. The van der Waals surface area contributed by atoms with E-state index in [4.69, 9.17) is 0 Å². The Morgan fingerprint density at radius 2 is 2.04 bits per heavy atom. The van der Waals surface area contributed by atoms with E-state index < -0.39 is 11.6 Å². The number of hydrogen-bond acceptors (Lipinski definition) is 2. The molecular formula is C17H23ClF2N2O. The Morgan fingerprint density at radius 3 is 2.70 bits per heavy atom. The van der Waals surface area contributed by atoms with Crippen molar-refractivity contribution in [3.05, 3.63) is 35.4 Å². The second kappa shape index (κ2) is 8.06. The van der Waals surface area contributed by atoms with E-state index in [0.717, 1.165) is 19.5 Å². The van der Waals surface area contributed by atoms with Gasteiger partial charge in [-0.15, -0.1) is 12.4 Å². The molecule has 2 N–H and O–H groups in total. The van der Waals surface area contributed by atoms with Gasteiger partial charge in [0.15, 0.2) is 0 Å². The topological polar surface area (TPSA) is 41.1 Å². The largest absolute Gasteiger partial charge is 0.356 e. The predicted octanol–water partition coefficient (Wildman–Crippen LogP) is 3.00. The molecule has 3 unspecified atom stereocenters. The summed E-state index contributed by atoms with van der Waals surface area (Å²) in [4.78, 5) is 12.1. The fourth-order valence-electron chi connectivity index (χ4n) is 3.37. The summed E-state index contributed by atoms with van der Waals surface area (Å²) in [5.74, 6) is -1.14. The molecule has 23 heavy (non-hydrogen) atoms. The Morgan fingerprint density at radius 1 is 1.30 bits per heavy atom. The number of piperidine rings is 1. The zero-order valence-electron chi connectivity index (χ0n) is 13.0. The first-order chi connectivity index (χ1) is 10.7. The van der Waals surface area contributed by atoms with Crippen molar-refractivity contribution in [2.45, 2.75) is 31.6 Å². The van der Waals surface area contributed by atoms with Crippen molar-refractivity contribution in [2.75, 3.05) is 19.6 Å². The summed E-state index contributed by atoms with van der Waals surface area (Å²) in [7, 11) is 0. The second-order valence-corrected chi connectivity index (χ2v) is 6.38. The van der Waals surface area contributed by atoms with Gasteiger partial charge in [0.2, 0.25) is 5.91 Å². The molecule has 2 fully saturated rings. The van der Waals surface area contributed by atoms with Crippen LogP contribution in [0.3, 0.4) is 0 Å². The molecular weight excluding hydrogens is 322 g/mol. The predicted molar refractivity (Wildman–Crippen MR) is 87.7 cm³/mol. The molecule has 1 amide bonds. The molecule has 1 aliphatic carbocycles. The van der Waals surface area contributed by atoms with Crippen LogP contribution >= 0.6 is 12.4 Å². The van der Waals surface area contributed by atoms with Crippen LogP contribution in [0.5, 0.6) is 0 Å². The van der Waals surface area contributed by atoms with Crippen LogP contribution in [0.2, 0.25) is 0 Å². The van der Waals surface area contributed by atoms with Crippen LogP contribution in [-0.2, 0) is 4.79 Å². The van der Waals surface area contributed by atoms with Crippen molar-refractivity contribution >= 4 is 18.3 Å². The molecule has 1 saturated heterocycles. The summed E-state index contributed by atoms with van der Waals surface area (Å²) in [6.45, 7) is 2.75. The summed E-state index contributed by atoms with van der Waals surface area (Å²) in [5.41, 5.74) is 0.0686. The Hall–Kier alpha value is -1.20. The molecule has 1 saturated carbocycles. The maximum Gasteiger partial charge on any atom is 0.223 e. The minimum Gasteiger partial charge on any atom is -0.356 e. The number of carbonyl (C=O) groups is 1. The first-order valence-corrected chi connectivity index (χ1v) is 8.09. The van der Waals surface area contributed by atoms with E-state index in [0.29, 0.717) is 18.9 Å². The van der Waals surface area contributed by atoms with E-state index >= 15 is 0 Å². The fourth-order valence-corrected chi connectivity index (χ4v) is 3.37. The quantitative estimate of drug-likeness (QED) is 0.862. The molecule has 1 aromatic rings. The fraction of sp³-hybridized carbons (Fsp3) is 0.588. The SMILES string of the molecule is Cl.O=C(NCCC1CCCNC1)C1CC1c1c(F)cccc1F. The minimum absolute atomic E-state index is 0. The van der Waals surface area contributed by atoms with Crippen LogP contribution < -0.4 is 10.6 Å². The van der Waals surface area contributed by atoms with E-state index in [2.05, 4.69) is 10.6 Å². The molecule has 1 aromatic carbocycles. The van der Waals surface area contributed by atoms with Gasteiger partial charge < -0.3 is 10.6 Å². The highest BCUT2D eigenvalue weighted by Crippen LogP contribution is 2.49. The van der Waals surface area contributed by atoms with Gasteiger partial charge in [-0.1, -0.05) is 6.07 Å². The van der Waals surface area contributed by atoms with E-state index in [1.165, 1.54) is 31.0 Å². The maximum atomic E-state index is 13.7. The third kappa shape index (κ3) is 4.42. The molecule has 3 rings (SSSR count). The van der Waals surface area contributed by atoms with Crippen LogP contribution in [0.15, 0.2) is 18.2 Å². The molecule has 0 bridgehead atoms. The molecule has 6 heteroatoms. The average molecular weight is 345 g/mol. The molecule has 2 aliphatic rings. The molecule has 0 aromatic heterocycles. The zero-order chi connectivity index (χ0) is 15.5. The third-order valence-corrected chi connectivity index (χ3v) is 4.75. The van der Waals surface area contributed by atoms with Crippen molar-refractivity contribution < 1.29 is 13.6 Å². The van der Waals surface area contributed by atoms with Crippen molar-refractivity contribution in [3.8, 4) is 0 Å². The highest BCUT2D eigenvalue weighted by Gasteiger charge is 2.46. The van der Waals surface area contributed by atoms with Gasteiger partial charge in [0.1, 0.15) is 11.6 Å². The van der Waals surface area contributed by atoms with Gasteiger partial charge in [-0.2, -0.15) is 0 Å². The number of rotatable bonds is 5. The number of halogens is 3. The summed E-state index contributed by atoms with van der Waals surface area (Å²) < 4.78 is 27.4. The summed E-state index contributed by atoms with van der Waals surface area (Å²) >= 11 is 0. The van der Waals surface area contributed by atoms with Gasteiger partial charge in [-0.05, 0) is 56.8 Å². The highest BCUT2D eigenvalue weighted by molar-refractivity contribution is 5.85. The normalized spacial score (nSPS) is 26.3. The molecule has 1 aliphatic heterocycles. The molecule has 3 nitrogen and oxygen atoms in total. The Labute approximate surface area is 141 Å². The van der Waals surface area contributed by atoms with Gasteiger partial charge in [0, 0.05) is 23.9 Å². The lowest BCUT2D eigenvalue weighted by atomic mass is 9.96. The van der Waals surface area contributed by atoms with Crippen LogP contribution in [0.1, 0.15) is 37.2 Å². The summed E-state index contributed by atoms with van der Waals surface area (Å²) in [6.07, 6.45) is 3.89. The van der Waals surface area contributed by atoms with Crippen molar-refractivity contribution in [1.29, 1.82) is 0 Å². The Balaban J connectivity index is 0.00000192. The monoisotopic (exact) mass is 344 g/mol. The number of nitrogens with one attached hydrogen (secondary N) is 2. The highest BCUT2D eigenvalue weighted by atomic mass is 35.5. The number of benzene rings is 1. The van der Waals surface area contributed by atoms with Gasteiger partial charge in [-0.25, -0.2) is 8.78 Å². The van der Waals surface area contributed by atoms with Crippen LogP contribution in [0, 0.1) is 23.5 Å². The van der Waals surface area contributed by atoms with E-state index in [1.54, 1.807) is 0 Å². The molecule has 3 atom stereocenters. The van der Waals surface area contributed by atoms with Gasteiger partial charge >= 0.3 is 0 Å². The zero-order valence-corrected chi connectivity index (χ0v) is 13.8. The summed E-state index contributed by atoms with van der Waals surface area (Å²) in [6, 6.07) is 3.85. The molecule has 0 spiro atoms. The minimum atomic E-state index is -0.548. The number of hydrogen-bond donors (Lipinski definition) is 2. The number of carbonyl (C=O) groups excluding carboxylic acids is 1. The van der Waals surface area contributed by atoms with Crippen LogP contribution in [0.4, 0.5) is 8.78 Å². The van der Waals surface area contributed by atoms with E-state index in [1.807, 2.05) is 0 Å². The lowest BCUT2D eigenvalue weighted by Gasteiger charge is -2.22. The van der Waals surface area contributed by atoms with Crippen LogP contribution in [0.25, 0.3) is 0 Å². The lowest BCUT2D eigenvalue weighted by Crippen LogP contribution is -2.33. The van der Waals surface area contributed by atoms with Crippen LogP contribution in [-0.4, -0.2) is 25.5 Å². The molecule has 1 heterocycles. The van der Waals surface area contributed by atoms with E-state index in [9.17, 15) is 13.6 Å². The smallest absolute Gasteiger partial charge is 0.223 e.